The van der Waals surface area contributed by atoms with Crippen LogP contribution in [0.4, 0.5) is 0 Å². The minimum Gasteiger partial charge on any atom is -0.308 e. The largest absolute Gasteiger partial charge is 0.351 e. The van der Waals surface area contributed by atoms with Crippen molar-refractivity contribution >= 4 is 19.2 Å². The highest BCUT2D eigenvalue weighted by atomic mass is 35.5. The van der Waals surface area contributed by atoms with Crippen LogP contribution < -0.4 is 5.32 Å². The molecule has 0 aromatic heterocycles. The number of hydrogen-bond acceptors (Lipinski definition) is 4. The van der Waals surface area contributed by atoms with E-state index in [9.17, 15) is 4.57 Å². The van der Waals surface area contributed by atoms with Crippen molar-refractivity contribution in [2.75, 3.05) is 13.2 Å². The summed E-state index contributed by atoms with van der Waals surface area (Å²) in [6, 6.07) is 17.2. The number of nitrogens with one attached hydrogen (secondary N) is 1. The third kappa shape index (κ3) is 5.17. The molecule has 1 atom stereocenters. The Balaban J connectivity index is 2.29. The van der Waals surface area contributed by atoms with E-state index < -0.39 is 13.4 Å². The Kier molecular flexibility index (Phi) is 7.47. The third-order valence-electron chi connectivity index (χ3n) is 3.46. The lowest BCUT2D eigenvalue weighted by atomic mass is 10.2. The van der Waals surface area contributed by atoms with Crippen molar-refractivity contribution < 1.29 is 13.6 Å². The third-order valence-corrected chi connectivity index (χ3v) is 6.06. The quantitative estimate of drug-likeness (QED) is 0.603. The summed E-state index contributed by atoms with van der Waals surface area (Å²) in [5, 5.41) is 3.95. The van der Waals surface area contributed by atoms with E-state index in [2.05, 4.69) is 5.32 Å². The van der Waals surface area contributed by atoms with Gasteiger partial charge in [-0.05, 0) is 37.1 Å². The maximum absolute atomic E-state index is 13.3. The molecule has 0 amide bonds. The normalized spacial score (nSPS) is 13.0. The maximum atomic E-state index is 13.3. The monoisotopic (exact) mass is 367 g/mol. The average molecular weight is 368 g/mol. The summed E-state index contributed by atoms with van der Waals surface area (Å²) in [6.07, 6.45) is 0. The lowest BCUT2D eigenvalue weighted by Crippen LogP contribution is -2.23. The molecule has 0 radical (unpaired) electrons. The predicted octanol–water partition coefficient (Wildman–Crippen LogP) is 5.39. The molecule has 130 valence electrons. The number of benzene rings is 2. The molecule has 0 spiro atoms. The highest BCUT2D eigenvalue weighted by Gasteiger charge is 2.36. The second-order valence-corrected chi connectivity index (χ2v) is 7.74. The van der Waals surface area contributed by atoms with E-state index in [0.717, 1.165) is 11.1 Å². The fourth-order valence-electron chi connectivity index (χ4n) is 2.41. The van der Waals surface area contributed by atoms with Crippen molar-refractivity contribution in [1.82, 2.24) is 5.32 Å². The van der Waals surface area contributed by atoms with Crippen LogP contribution >= 0.6 is 19.2 Å². The summed E-state index contributed by atoms with van der Waals surface area (Å²) >= 11 is 5.97. The van der Waals surface area contributed by atoms with Gasteiger partial charge in [-0.1, -0.05) is 54.1 Å². The van der Waals surface area contributed by atoms with Gasteiger partial charge in [0.1, 0.15) is 5.78 Å². The average Bonchev–Trinajstić information content (AvgIpc) is 2.58. The van der Waals surface area contributed by atoms with Crippen molar-refractivity contribution in [3.8, 4) is 0 Å². The van der Waals surface area contributed by atoms with Crippen LogP contribution in [0.3, 0.4) is 0 Å². The minimum absolute atomic E-state index is 0.314. The van der Waals surface area contributed by atoms with Gasteiger partial charge in [0.25, 0.3) is 0 Å². The van der Waals surface area contributed by atoms with Gasteiger partial charge in [-0.3, -0.25) is 9.88 Å². The van der Waals surface area contributed by atoms with Gasteiger partial charge in [0.15, 0.2) is 0 Å². The fraction of sp³-hybridized carbons (Fsp3) is 0.333. The highest BCUT2D eigenvalue weighted by Crippen LogP contribution is 2.59. The summed E-state index contributed by atoms with van der Waals surface area (Å²) in [4.78, 5) is 0. The molecule has 0 aliphatic heterocycles. The summed E-state index contributed by atoms with van der Waals surface area (Å²) in [6.45, 7) is 4.80. The lowest BCUT2D eigenvalue weighted by Gasteiger charge is -2.27. The molecule has 0 saturated heterocycles. The van der Waals surface area contributed by atoms with Crippen molar-refractivity contribution in [1.29, 1.82) is 0 Å². The second-order valence-electron chi connectivity index (χ2n) is 5.20. The number of halogens is 1. The van der Waals surface area contributed by atoms with Gasteiger partial charge < -0.3 is 9.05 Å². The van der Waals surface area contributed by atoms with E-state index in [1.54, 1.807) is 12.1 Å². The van der Waals surface area contributed by atoms with Crippen LogP contribution in [0.2, 0.25) is 5.02 Å². The standard InChI is InChI=1S/C18H23ClNO3P/c1-3-22-24(21,23-4-2)18(16-10-12-17(19)13-11-16)20-14-15-8-6-5-7-9-15/h5-13,18,20H,3-4,14H2,1-2H3/t18-/m0/s1. The maximum Gasteiger partial charge on any atom is 0.351 e. The van der Waals surface area contributed by atoms with Crippen LogP contribution in [0.15, 0.2) is 54.6 Å². The predicted molar refractivity (Wildman–Crippen MR) is 98.3 cm³/mol. The molecular weight excluding hydrogens is 345 g/mol. The highest BCUT2D eigenvalue weighted by molar-refractivity contribution is 7.54. The first-order valence-electron chi connectivity index (χ1n) is 8.00. The molecule has 0 bridgehead atoms. The van der Waals surface area contributed by atoms with E-state index in [1.165, 1.54) is 0 Å². The summed E-state index contributed by atoms with van der Waals surface area (Å²) in [5.41, 5.74) is 1.91. The van der Waals surface area contributed by atoms with Crippen LogP contribution in [-0.4, -0.2) is 13.2 Å². The topological polar surface area (TPSA) is 47.6 Å². The zero-order valence-electron chi connectivity index (χ0n) is 13.9. The Morgan fingerprint density at radius 3 is 2.12 bits per heavy atom. The van der Waals surface area contributed by atoms with Gasteiger partial charge in [0, 0.05) is 11.6 Å². The van der Waals surface area contributed by atoms with Crippen LogP contribution in [0.25, 0.3) is 0 Å². The molecule has 0 unspecified atom stereocenters. The van der Waals surface area contributed by atoms with E-state index >= 15 is 0 Å². The van der Waals surface area contributed by atoms with Crippen LogP contribution in [0.5, 0.6) is 0 Å². The van der Waals surface area contributed by atoms with Crippen molar-refractivity contribution in [3.63, 3.8) is 0 Å². The van der Waals surface area contributed by atoms with Crippen molar-refractivity contribution in [2.45, 2.75) is 26.2 Å². The summed E-state index contributed by atoms with van der Waals surface area (Å²) in [5.74, 6) is -0.560. The molecule has 24 heavy (non-hydrogen) atoms. The minimum atomic E-state index is -3.36. The Bertz CT molecular complexity index is 654. The molecule has 0 saturated carbocycles. The Hall–Kier alpha value is -1.16. The molecule has 4 nitrogen and oxygen atoms in total. The van der Waals surface area contributed by atoms with Crippen molar-refractivity contribution in [2.24, 2.45) is 0 Å². The van der Waals surface area contributed by atoms with Crippen molar-refractivity contribution in [3.05, 3.63) is 70.7 Å². The lowest BCUT2D eigenvalue weighted by molar-refractivity contribution is 0.207. The Morgan fingerprint density at radius 2 is 1.58 bits per heavy atom. The smallest absolute Gasteiger partial charge is 0.308 e. The van der Waals surface area contributed by atoms with Gasteiger partial charge in [0.05, 0.1) is 13.2 Å². The Morgan fingerprint density at radius 1 is 1.00 bits per heavy atom. The Labute approximate surface area is 148 Å². The summed E-state index contributed by atoms with van der Waals surface area (Å²) < 4.78 is 24.4. The van der Waals surface area contributed by atoms with E-state index in [4.69, 9.17) is 20.6 Å². The van der Waals surface area contributed by atoms with Gasteiger partial charge in [0.2, 0.25) is 0 Å². The molecule has 0 aliphatic rings. The second kappa shape index (κ2) is 9.36. The molecular formula is C18H23ClNO3P. The SMILES string of the molecule is CCOP(=O)(OCC)[C@H](NCc1ccccc1)c1ccc(Cl)cc1. The van der Waals surface area contributed by atoms with Crippen LogP contribution in [0.1, 0.15) is 30.8 Å². The number of hydrogen-bond donors (Lipinski definition) is 1. The molecule has 2 rings (SSSR count). The molecule has 0 aliphatic carbocycles. The molecule has 0 heterocycles. The molecule has 1 N–H and O–H groups in total. The molecule has 2 aromatic rings. The van der Waals surface area contributed by atoms with Crippen LogP contribution in [0, 0.1) is 0 Å². The summed E-state index contributed by atoms with van der Waals surface area (Å²) in [7, 11) is -3.36. The first-order valence-corrected chi connectivity index (χ1v) is 9.99. The van der Waals surface area contributed by atoms with Gasteiger partial charge in [-0.2, -0.15) is 0 Å². The van der Waals surface area contributed by atoms with E-state index in [1.807, 2.05) is 56.3 Å². The first kappa shape index (κ1) is 19.2. The zero-order chi connectivity index (χ0) is 17.4. The first-order chi connectivity index (χ1) is 11.6. The molecule has 0 fully saturated rings. The zero-order valence-corrected chi connectivity index (χ0v) is 15.6. The van der Waals surface area contributed by atoms with E-state index in [0.29, 0.717) is 24.8 Å². The van der Waals surface area contributed by atoms with E-state index in [-0.39, 0.29) is 0 Å². The van der Waals surface area contributed by atoms with Gasteiger partial charge in [-0.15, -0.1) is 0 Å². The van der Waals surface area contributed by atoms with Gasteiger partial charge >= 0.3 is 7.60 Å². The van der Waals surface area contributed by atoms with Crippen LogP contribution in [-0.2, 0) is 20.2 Å². The fourth-order valence-corrected chi connectivity index (χ4v) is 4.48. The number of rotatable bonds is 9. The molecule has 6 heteroatoms. The van der Waals surface area contributed by atoms with Gasteiger partial charge in [-0.25, -0.2) is 0 Å². The molecule has 2 aromatic carbocycles.